The Morgan fingerprint density at radius 1 is 0.969 bits per heavy atom. The van der Waals surface area contributed by atoms with Gasteiger partial charge < -0.3 is 18.9 Å². The van der Waals surface area contributed by atoms with E-state index in [-0.39, 0.29) is 23.6 Å². The third-order valence-corrected chi connectivity index (χ3v) is 11.0. The maximum atomic E-state index is 12.7. The van der Waals surface area contributed by atoms with Crippen LogP contribution in [0.1, 0.15) is 41.5 Å². The molecule has 0 N–H and O–H groups in total. The third kappa shape index (κ3) is 4.81. The van der Waals surface area contributed by atoms with Crippen LogP contribution in [0.15, 0.2) is 60.7 Å². The highest BCUT2D eigenvalue weighted by molar-refractivity contribution is 6.99. The summed E-state index contributed by atoms with van der Waals surface area (Å²) in [5, 5.41) is 2.17. The maximum absolute atomic E-state index is 12.7. The molecule has 6 heteroatoms. The lowest BCUT2D eigenvalue weighted by molar-refractivity contribution is -0.121. The van der Waals surface area contributed by atoms with Gasteiger partial charge in [-0.15, -0.1) is 0 Å². The lowest BCUT2D eigenvalue weighted by atomic mass is 9.91. The SMILES string of the molecule is CC(C)(C)OC(=O)N1C[C@H](C=O)[C@@H]1CO[Si](c1ccccc1)(c1ccccc1)C(C)(C)C. The molecule has 1 saturated heterocycles. The van der Waals surface area contributed by atoms with Crippen LogP contribution in [0.2, 0.25) is 5.04 Å². The van der Waals surface area contributed by atoms with Crippen LogP contribution in [-0.4, -0.2) is 50.4 Å². The smallest absolute Gasteiger partial charge is 0.410 e. The van der Waals surface area contributed by atoms with Crippen molar-refractivity contribution in [3.05, 3.63) is 60.7 Å². The minimum atomic E-state index is -2.74. The Hall–Kier alpha value is -2.44. The number of ether oxygens (including phenoxy) is 1. The zero-order chi connectivity index (χ0) is 23.6. The van der Waals surface area contributed by atoms with E-state index in [2.05, 4.69) is 45.0 Å². The Labute approximate surface area is 192 Å². The summed E-state index contributed by atoms with van der Waals surface area (Å²) in [6.45, 7) is 12.8. The Bertz CT molecular complexity index is 879. The van der Waals surface area contributed by atoms with E-state index in [0.717, 1.165) is 6.29 Å². The average Bonchev–Trinajstić information content (AvgIpc) is 2.70. The monoisotopic (exact) mass is 453 g/mol. The molecule has 0 spiro atoms. The fourth-order valence-corrected chi connectivity index (χ4v) is 9.00. The molecule has 172 valence electrons. The Kier molecular flexibility index (Phi) is 6.96. The summed E-state index contributed by atoms with van der Waals surface area (Å²) in [5.41, 5.74) is -0.591. The molecular formula is C26H35NO4Si. The van der Waals surface area contributed by atoms with Crippen LogP contribution in [-0.2, 0) is 14.0 Å². The molecule has 0 aromatic heterocycles. The van der Waals surface area contributed by atoms with Gasteiger partial charge in [-0.3, -0.25) is 0 Å². The first-order valence-electron chi connectivity index (χ1n) is 11.2. The van der Waals surface area contributed by atoms with Crippen molar-refractivity contribution in [2.24, 2.45) is 5.92 Å². The number of likely N-dealkylation sites (tertiary alicyclic amines) is 1. The van der Waals surface area contributed by atoms with Gasteiger partial charge in [0.05, 0.1) is 18.6 Å². The molecule has 5 nitrogen and oxygen atoms in total. The van der Waals surface area contributed by atoms with E-state index < -0.39 is 20.0 Å². The van der Waals surface area contributed by atoms with Crippen LogP contribution in [0.4, 0.5) is 4.79 Å². The molecule has 0 unspecified atom stereocenters. The third-order valence-electron chi connectivity index (χ3n) is 5.99. The van der Waals surface area contributed by atoms with Gasteiger partial charge in [0.1, 0.15) is 11.9 Å². The summed E-state index contributed by atoms with van der Waals surface area (Å²) in [6.07, 6.45) is 0.534. The van der Waals surface area contributed by atoms with Crippen molar-refractivity contribution in [3.8, 4) is 0 Å². The van der Waals surface area contributed by atoms with Crippen molar-refractivity contribution in [3.63, 3.8) is 0 Å². The van der Waals surface area contributed by atoms with Gasteiger partial charge in [-0.25, -0.2) is 4.79 Å². The lowest BCUT2D eigenvalue weighted by Crippen LogP contribution is -2.69. The van der Waals surface area contributed by atoms with Gasteiger partial charge in [0.15, 0.2) is 0 Å². The number of aldehydes is 1. The number of hydrogen-bond donors (Lipinski definition) is 0. The van der Waals surface area contributed by atoms with Gasteiger partial charge in [-0.05, 0) is 36.2 Å². The van der Waals surface area contributed by atoms with Crippen LogP contribution >= 0.6 is 0 Å². The van der Waals surface area contributed by atoms with Crippen LogP contribution in [0.3, 0.4) is 0 Å². The van der Waals surface area contributed by atoms with E-state index in [4.69, 9.17) is 9.16 Å². The minimum absolute atomic E-state index is 0.174. The second kappa shape index (κ2) is 9.20. The fraction of sp³-hybridized carbons (Fsp3) is 0.462. The van der Waals surface area contributed by atoms with Crippen molar-refractivity contribution in [1.82, 2.24) is 4.90 Å². The van der Waals surface area contributed by atoms with Crippen LogP contribution < -0.4 is 10.4 Å². The summed E-state index contributed by atoms with van der Waals surface area (Å²) < 4.78 is 12.5. The molecule has 2 atom stereocenters. The maximum Gasteiger partial charge on any atom is 0.410 e. The molecule has 0 bridgehead atoms. The molecule has 2 aromatic carbocycles. The van der Waals surface area contributed by atoms with E-state index in [1.807, 2.05) is 57.2 Å². The summed E-state index contributed by atoms with van der Waals surface area (Å²) in [4.78, 5) is 26.0. The molecule has 3 rings (SSSR count). The van der Waals surface area contributed by atoms with Crippen molar-refractivity contribution in [1.29, 1.82) is 0 Å². The summed E-state index contributed by atoms with van der Waals surface area (Å²) in [7, 11) is -2.74. The first-order chi connectivity index (χ1) is 15.0. The molecular weight excluding hydrogens is 418 g/mol. The molecule has 0 aliphatic carbocycles. The highest BCUT2D eigenvalue weighted by atomic mass is 28.4. The van der Waals surface area contributed by atoms with Crippen molar-refractivity contribution in [2.45, 2.75) is 58.2 Å². The standard InChI is InChI=1S/C26H35NO4Si/c1-25(2,3)31-24(29)27-17-20(18-28)23(27)19-30-32(26(4,5)6,21-13-9-7-10-14-21)22-15-11-8-12-16-22/h7-16,18,20,23H,17,19H2,1-6H3/t20-,23+/m1/s1. The van der Waals surface area contributed by atoms with E-state index in [1.54, 1.807) is 4.90 Å². The summed E-state index contributed by atoms with van der Waals surface area (Å²) >= 11 is 0. The fourth-order valence-electron chi connectivity index (χ4n) is 4.43. The van der Waals surface area contributed by atoms with Crippen molar-refractivity contribution in [2.75, 3.05) is 13.2 Å². The average molecular weight is 454 g/mol. The number of carbonyl (C=O) groups is 2. The highest BCUT2D eigenvalue weighted by Gasteiger charge is 2.52. The number of nitrogens with zero attached hydrogens (tertiary/aromatic N) is 1. The second-order valence-electron chi connectivity index (χ2n) is 10.5. The molecule has 32 heavy (non-hydrogen) atoms. The van der Waals surface area contributed by atoms with Crippen molar-refractivity contribution >= 4 is 31.1 Å². The Balaban J connectivity index is 1.96. The predicted octanol–water partition coefficient (Wildman–Crippen LogP) is 4.00. The van der Waals surface area contributed by atoms with Gasteiger partial charge >= 0.3 is 6.09 Å². The molecule has 1 amide bonds. The number of hydrogen-bond acceptors (Lipinski definition) is 4. The highest BCUT2D eigenvalue weighted by Crippen LogP contribution is 2.38. The van der Waals surface area contributed by atoms with Gasteiger partial charge in [0.2, 0.25) is 0 Å². The largest absolute Gasteiger partial charge is 0.444 e. The summed E-state index contributed by atoms with van der Waals surface area (Å²) in [6, 6.07) is 20.4. The van der Waals surface area contributed by atoms with Crippen molar-refractivity contribution < 1.29 is 18.8 Å². The molecule has 1 fully saturated rings. The first kappa shape index (κ1) is 24.2. The van der Waals surface area contributed by atoms with E-state index in [9.17, 15) is 9.59 Å². The molecule has 1 heterocycles. The lowest BCUT2D eigenvalue weighted by Gasteiger charge is -2.49. The molecule has 0 radical (unpaired) electrons. The normalized spacial score (nSPS) is 19.2. The van der Waals surface area contributed by atoms with Crippen LogP contribution in [0, 0.1) is 5.92 Å². The van der Waals surface area contributed by atoms with Gasteiger partial charge in [0.25, 0.3) is 8.32 Å². The zero-order valence-electron chi connectivity index (χ0n) is 20.0. The van der Waals surface area contributed by atoms with Gasteiger partial charge in [-0.1, -0.05) is 81.4 Å². The zero-order valence-corrected chi connectivity index (χ0v) is 21.0. The molecule has 1 aliphatic rings. The Morgan fingerprint density at radius 2 is 1.47 bits per heavy atom. The van der Waals surface area contributed by atoms with Gasteiger partial charge in [0, 0.05) is 6.54 Å². The number of carbonyl (C=O) groups excluding carboxylic acids is 2. The van der Waals surface area contributed by atoms with Gasteiger partial charge in [-0.2, -0.15) is 0 Å². The number of benzene rings is 2. The van der Waals surface area contributed by atoms with Crippen LogP contribution in [0.5, 0.6) is 0 Å². The van der Waals surface area contributed by atoms with E-state index >= 15 is 0 Å². The molecule has 2 aromatic rings. The number of rotatable bonds is 6. The second-order valence-corrected chi connectivity index (χ2v) is 14.8. The van der Waals surface area contributed by atoms with E-state index in [0.29, 0.717) is 6.54 Å². The first-order valence-corrected chi connectivity index (χ1v) is 13.1. The van der Waals surface area contributed by atoms with E-state index in [1.165, 1.54) is 10.4 Å². The summed E-state index contributed by atoms with van der Waals surface area (Å²) in [5.74, 6) is -0.249. The minimum Gasteiger partial charge on any atom is -0.444 e. The van der Waals surface area contributed by atoms with Crippen LogP contribution in [0.25, 0.3) is 0 Å². The number of amides is 1. The molecule has 0 saturated carbocycles. The quantitative estimate of drug-likeness (QED) is 0.490. The predicted molar refractivity (Wildman–Crippen MR) is 130 cm³/mol. The Morgan fingerprint density at radius 3 is 1.88 bits per heavy atom. The molecule has 1 aliphatic heterocycles. The topological polar surface area (TPSA) is 55.8 Å².